The van der Waals surface area contributed by atoms with Crippen molar-refractivity contribution in [1.82, 2.24) is 9.13 Å². The topological polar surface area (TPSA) is 9.86 Å². The molecule has 0 N–H and O–H groups in total. The Bertz CT molecular complexity index is 2510. The van der Waals surface area contributed by atoms with Gasteiger partial charge in [0, 0.05) is 32.9 Å². The molecule has 2 heterocycles. The molecule has 0 unspecified atom stereocenters. The molecule has 0 spiro atoms. The zero-order valence-electron chi connectivity index (χ0n) is 23.2. The van der Waals surface area contributed by atoms with E-state index in [-0.39, 0.29) is 5.82 Å². The van der Waals surface area contributed by atoms with Gasteiger partial charge in [-0.3, -0.25) is 0 Å². The fourth-order valence-corrected chi connectivity index (χ4v) is 6.86. The first-order valence-electron chi connectivity index (χ1n) is 14.6. The van der Waals surface area contributed by atoms with Crippen LogP contribution in [0, 0.1) is 5.82 Å². The van der Waals surface area contributed by atoms with Crippen LogP contribution in [0.1, 0.15) is 0 Å². The van der Waals surface area contributed by atoms with Crippen molar-refractivity contribution in [2.75, 3.05) is 0 Å². The molecule has 7 aromatic carbocycles. The molecular weight excluding hydrogens is 527 g/mol. The quantitative estimate of drug-likeness (QED) is 0.206. The highest BCUT2D eigenvalue weighted by molar-refractivity contribution is 6.21. The van der Waals surface area contributed by atoms with Gasteiger partial charge in [0.25, 0.3) is 0 Å². The van der Waals surface area contributed by atoms with E-state index in [1.54, 1.807) is 0 Å². The molecule has 202 valence electrons. The number of hydrogen-bond acceptors (Lipinski definition) is 0. The Labute approximate surface area is 247 Å². The number of hydrogen-bond donors (Lipinski definition) is 0. The molecule has 3 heteroatoms. The summed E-state index contributed by atoms with van der Waals surface area (Å²) in [6, 6.07) is 52.5. The molecule has 0 aliphatic rings. The number of aromatic nitrogens is 2. The van der Waals surface area contributed by atoms with Gasteiger partial charge in [-0.1, -0.05) is 84.9 Å². The van der Waals surface area contributed by atoms with E-state index < -0.39 is 0 Å². The standard InChI is InChI=1S/C40H25FN2/c41-29-18-20-30(21-19-29)42-36-14-5-3-12-33(36)35-25-28(17-22-38(35)42)27-9-7-10-31(24-27)43-37-15-6-4-13-34(37)40-32-11-2-1-8-26(32)16-23-39(40)43/h1-25H. The van der Waals surface area contributed by atoms with E-state index in [0.29, 0.717) is 0 Å². The predicted octanol–water partition coefficient (Wildman–Crippen LogP) is 10.8. The van der Waals surface area contributed by atoms with Gasteiger partial charge in [-0.25, -0.2) is 4.39 Å². The second-order valence-corrected chi connectivity index (χ2v) is 11.1. The third kappa shape index (κ3) is 3.58. The Hall–Kier alpha value is -5.67. The molecule has 0 aliphatic heterocycles. The summed E-state index contributed by atoms with van der Waals surface area (Å²) in [4.78, 5) is 0. The highest BCUT2D eigenvalue weighted by Gasteiger charge is 2.16. The summed E-state index contributed by atoms with van der Waals surface area (Å²) in [6.07, 6.45) is 0. The van der Waals surface area contributed by atoms with Crippen molar-refractivity contribution >= 4 is 54.4 Å². The van der Waals surface area contributed by atoms with Gasteiger partial charge in [-0.15, -0.1) is 0 Å². The summed E-state index contributed by atoms with van der Waals surface area (Å²) in [5.74, 6) is -0.233. The lowest BCUT2D eigenvalue weighted by Crippen LogP contribution is -1.95. The molecule has 0 saturated heterocycles. The molecule has 2 nitrogen and oxygen atoms in total. The summed E-state index contributed by atoms with van der Waals surface area (Å²) in [5, 5.41) is 7.41. The number of para-hydroxylation sites is 2. The van der Waals surface area contributed by atoms with Crippen molar-refractivity contribution in [1.29, 1.82) is 0 Å². The maximum atomic E-state index is 13.8. The summed E-state index contributed by atoms with van der Waals surface area (Å²) in [7, 11) is 0. The van der Waals surface area contributed by atoms with Crippen molar-refractivity contribution in [3.63, 3.8) is 0 Å². The maximum Gasteiger partial charge on any atom is 0.123 e. The van der Waals surface area contributed by atoms with Gasteiger partial charge in [0.05, 0.1) is 22.1 Å². The Kier molecular flexibility index (Phi) is 5.11. The highest BCUT2D eigenvalue weighted by atomic mass is 19.1. The number of fused-ring (bicyclic) bond motifs is 8. The second-order valence-electron chi connectivity index (χ2n) is 11.1. The van der Waals surface area contributed by atoms with Crippen molar-refractivity contribution < 1.29 is 4.39 Å². The lowest BCUT2D eigenvalue weighted by molar-refractivity contribution is 0.627. The Balaban J connectivity index is 1.25. The van der Waals surface area contributed by atoms with Gasteiger partial charge < -0.3 is 9.13 Å². The van der Waals surface area contributed by atoms with Gasteiger partial charge >= 0.3 is 0 Å². The third-order valence-electron chi connectivity index (χ3n) is 8.76. The average molecular weight is 553 g/mol. The highest BCUT2D eigenvalue weighted by Crippen LogP contribution is 2.39. The van der Waals surface area contributed by atoms with Crippen molar-refractivity contribution in [2.24, 2.45) is 0 Å². The summed E-state index contributed by atoms with van der Waals surface area (Å²) in [6.45, 7) is 0. The first-order valence-corrected chi connectivity index (χ1v) is 14.6. The van der Waals surface area contributed by atoms with Gasteiger partial charge in [0.15, 0.2) is 0 Å². The van der Waals surface area contributed by atoms with Gasteiger partial charge in [0.2, 0.25) is 0 Å². The van der Waals surface area contributed by atoms with Crippen LogP contribution < -0.4 is 0 Å². The van der Waals surface area contributed by atoms with E-state index >= 15 is 0 Å². The molecule has 2 aromatic heterocycles. The smallest absolute Gasteiger partial charge is 0.123 e. The summed E-state index contributed by atoms with van der Waals surface area (Å²) >= 11 is 0. The van der Waals surface area contributed by atoms with E-state index in [9.17, 15) is 4.39 Å². The minimum absolute atomic E-state index is 0.233. The minimum Gasteiger partial charge on any atom is -0.309 e. The van der Waals surface area contributed by atoms with Crippen molar-refractivity contribution in [3.8, 4) is 22.5 Å². The van der Waals surface area contributed by atoms with E-state index in [1.807, 2.05) is 12.1 Å². The zero-order chi connectivity index (χ0) is 28.5. The first kappa shape index (κ1) is 24.0. The Morgan fingerprint density at radius 2 is 1.00 bits per heavy atom. The normalized spacial score (nSPS) is 11.8. The van der Waals surface area contributed by atoms with Crippen LogP contribution in [0.3, 0.4) is 0 Å². The van der Waals surface area contributed by atoms with E-state index in [4.69, 9.17) is 0 Å². The van der Waals surface area contributed by atoms with Gasteiger partial charge in [0.1, 0.15) is 5.82 Å². The molecule has 0 atom stereocenters. The van der Waals surface area contributed by atoms with Gasteiger partial charge in [-0.2, -0.15) is 0 Å². The maximum absolute atomic E-state index is 13.8. The lowest BCUT2D eigenvalue weighted by Gasteiger charge is -2.11. The van der Waals surface area contributed by atoms with E-state index in [1.165, 1.54) is 55.5 Å². The third-order valence-corrected chi connectivity index (χ3v) is 8.76. The number of nitrogens with zero attached hydrogens (tertiary/aromatic N) is 2. The molecule has 0 radical (unpaired) electrons. The molecule has 9 rings (SSSR count). The van der Waals surface area contributed by atoms with Gasteiger partial charge in [-0.05, 0) is 88.6 Å². The Morgan fingerprint density at radius 1 is 0.372 bits per heavy atom. The molecular formula is C40H25FN2. The second kappa shape index (κ2) is 9.17. The van der Waals surface area contributed by atoms with Crippen LogP contribution in [0.5, 0.6) is 0 Å². The minimum atomic E-state index is -0.233. The van der Waals surface area contributed by atoms with Crippen LogP contribution in [0.15, 0.2) is 152 Å². The molecule has 0 amide bonds. The molecule has 43 heavy (non-hydrogen) atoms. The predicted molar refractivity (Wildman–Crippen MR) is 178 cm³/mol. The lowest BCUT2D eigenvalue weighted by atomic mass is 10.0. The Morgan fingerprint density at radius 3 is 1.84 bits per heavy atom. The summed E-state index contributed by atoms with van der Waals surface area (Å²) < 4.78 is 18.4. The molecule has 0 aliphatic carbocycles. The SMILES string of the molecule is Fc1ccc(-n2c3ccccc3c3cc(-c4cccc(-n5c6ccccc6c6c7ccccc7ccc65)c4)ccc32)cc1. The average Bonchev–Trinajstić information content (AvgIpc) is 3.58. The van der Waals surface area contributed by atoms with Crippen LogP contribution in [0.25, 0.3) is 76.9 Å². The van der Waals surface area contributed by atoms with Crippen LogP contribution in [0.2, 0.25) is 0 Å². The van der Waals surface area contributed by atoms with E-state index in [2.05, 4.69) is 137 Å². The van der Waals surface area contributed by atoms with Crippen LogP contribution >= 0.6 is 0 Å². The monoisotopic (exact) mass is 552 g/mol. The van der Waals surface area contributed by atoms with E-state index in [0.717, 1.165) is 33.5 Å². The fourth-order valence-electron chi connectivity index (χ4n) is 6.86. The molecule has 0 fully saturated rings. The van der Waals surface area contributed by atoms with Crippen molar-refractivity contribution in [3.05, 3.63) is 157 Å². The largest absolute Gasteiger partial charge is 0.309 e. The number of benzene rings is 7. The van der Waals surface area contributed by atoms with Crippen molar-refractivity contribution in [2.45, 2.75) is 0 Å². The molecule has 9 aromatic rings. The number of halogens is 1. The zero-order valence-corrected chi connectivity index (χ0v) is 23.2. The first-order chi connectivity index (χ1) is 21.2. The van der Waals surface area contributed by atoms with Crippen LogP contribution in [-0.2, 0) is 0 Å². The van der Waals surface area contributed by atoms with Crippen LogP contribution in [0.4, 0.5) is 4.39 Å². The molecule has 0 bridgehead atoms. The number of rotatable bonds is 3. The molecule has 0 saturated carbocycles. The van der Waals surface area contributed by atoms with Crippen LogP contribution in [-0.4, -0.2) is 9.13 Å². The fraction of sp³-hybridized carbons (Fsp3) is 0. The summed E-state index contributed by atoms with van der Waals surface area (Å²) in [5.41, 5.74) is 8.99.